The van der Waals surface area contributed by atoms with E-state index in [1.54, 1.807) is 0 Å². The zero-order chi connectivity index (χ0) is 14.8. The lowest BCUT2D eigenvalue weighted by atomic mass is 10.4. The Morgan fingerprint density at radius 1 is 1.25 bits per heavy atom. The van der Waals surface area contributed by atoms with Gasteiger partial charge in [-0.05, 0) is 6.92 Å². The summed E-state index contributed by atoms with van der Waals surface area (Å²) in [5.41, 5.74) is -0.171. The predicted octanol–water partition coefficient (Wildman–Crippen LogP) is -0.427. The molecule has 1 aromatic heterocycles. The molecule has 0 aliphatic heterocycles. The van der Waals surface area contributed by atoms with Gasteiger partial charge in [0.2, 0.25) is 0 Å². The molecule has 0 bridgehead atoms. The van der Waals surface area contributed by atoms with Gasteiger partial charge in [-0.1, -0.05) is 5.21 Å². The van der Waals surface area contributed by atoms with Crippen LogP contribution in [0.1, 0.15) is 17.4 Å². The number of carboxylic acid groups (broad SMARTS) is 1. The minimum Gasteiger partial charge on any atom is -0.476 e. The van der Waals surface area contributed by atoms with Crippen LogP contribution in [0.5, 0.6) is 0 Å². The van der Waals surface area contributed by atoms with Crippen molar-refractivity contribution in [3.63, 3.8) is 0 Å². The number of carbonyl (C=O) groups is 2. The van der Waals surface area contributed by atoms with E-state index in [1.807, 2.05) is 6.92 Å². The topological polar surface area (TPSA) is 113 Å². The van der Waals surface area contributed by atoms with Crippen molar-refractivity contribution in [3.05, 3.63) is 11.9 Å². The first kappa shape index (κ1) is 16.1. The molecule has 1 N–H and O–H groups in total. The van der Waals surface area contributed by atoms with E-state index in [2.05, 4.69) is 10.3 Å². The van der Waals surface area contributed by atoms with Gasteiger partial charge in [-0.3, -0.25) is 4.79 Å². The molecule has 0 radical (unpaired) electrons. The largest absolute Gasteiger partial charge is 0.476 e. The number of hydrogen-bond acceptors (Lipinski definition) is 7. The van der Waals surface area contributed by atoms with Crippen molar-refractivity contribution < 1.29 is 28.9 Å². The van der Waals surface area contributed by atoms with Gasteiger partial charge in [0.05, 0.1) is 26.0 Å². The fraction of sp³-hybridized carbons (Fsp3) is 0.636. The number of hydrogen-bond donors (Lipinski definition) is 1. The van der Waals surface area contributed by atoms with Crippen LogP contribution in [0, 0.1) is 0 Å². The van der Waals surface area contributed by atoms with E-state index >= 15 is 0 Å². The van der Waals surface area contributed by atoms with Crippen LogP contribution in [0.4, 0.5) is 0 Å². The van der Waals surface area contributed by atoms with E-state index in [9.17, 15) is 9.59 Å². The van der Waals surface area contributed by atoms with Crippen LogP contribution in [0.25, 0.3) is 0 Å². The minimum atomic E-state index is -1.21. The highest BCUT2D eigenvalue weighted by Crippen LogP contribution is 1.97. The SMILES string of the molecule is CCOCCOCCOC(=O)Cn1nncc1C(=O)O. The van der Waals surface area contributed by atoms with E-state index in [0.29, 0.717) is 19.8 Å². The van der Waals surface area contributed by atoms with Crippen LogP contribution >= 0.6 is 0 Å². The summed E-state index contributed by atoms with van der Waals surface area (Å²) in [6.45, 7) is 3.47. The molecule has 1 rings (SSSR count). The first-order chi connectivity index (χ1) is 9.65. The van der Waals surface area contributed by atoms with Gasteiger partial charge in [0.1, 0.15) is 13.2 Å². The molecule has 1 aromatic rings. The molecule has 0 unspecified atom stereocenters. The zero-order valence-corrected chi connectivity index (χ0v) is 11.2. The van der Waals surface area contributed by atoms with Gasteiger partial charge in [-0.15, -0.1) is 5.10 Å². The summed E-state index contributed by atoms with van der Waals surface area (Å²) in [6.07, 6.45) is 1.06. The molecule has 112 valence electrons. The molecule has 0 saturated heterocycles. The van der Waals surface area contributed by atoms with Crippen LogP contribution < -0.4 is 0 Å². The Balaban J connectivity index is 2.17. The second-order valence-corrected chi connectivity index (χ2v) is 3.61. The smallest absolute Gasteiger partial charge is 0.355 e. The quantitative estimate of drug-likeness (QED) is 0.455. The summed E-state index contributed by atoms with van der Waals surface area (Å²) in [4.78, 5) is 22.2. The van der Waals surface area contributed by atoms with Gasteiger partial charge < -0.3 is 19.3 Å². The highest BCUT2D eigenvalue weighted by molar-refractivity contribution is 5.85. The van der Waals surface area contributed by atoms with Crippen molar-refractivity contribution in [2.24, 2.45) is 0 Å². The number of rotatable bonds is 10. The summed E-state index contributed by atoms with van der Waals surface area (Å²) in [5.74, 6) is -1.81. The average Bonchev–Trinajstić information content (AvgIpc) is 2.86. The average molecular weight is 287 g/mol. The molecule has 0 atom stereocenters. The van der Waals surface area contributed by atoms with Crippen LogP contribution in [0.2, 0.25) is 0 Å². The molecule has 20 heavy (non-hydrogen) atoms. The lowest BCUT2D eigenvalue weighted by molar-refractivity contribution is -0.146. The fourth-order valence-electron chi connectivity index (χ4n) is 1.29. The molecule has 0 fully saturated rings. The Labute approximate surface area is 115 Å². The first-order valence-corrected chi connectivity index (χ1v) is 6.08. The predicted molar refractivity (Wildman–Crippen MR) is 65.3 cm³/mol. The number of nitrogens with zero attached hydrogens (tertiary/aromatic N) is 3. The van der Waals surface area contributed by atoms with Crippen molar-refractivity contribution in [1.82, 2.24) is 15.0 Å². The molecule has 0 aromatic carbocycles. The number of esters is 1. The van der Waals surface area contributed by atoms with Crippen molar-refractivity contribution in [3.8, 4) is 0 Å². The number of ether oxygens (including phenoxy) is 3. The summed E-state index contributed by atoms with van der Waals surface area (Å²) in [6, 6.07) is 0. The number of aromatic carboxylic acids is 1. The highest BCUT2D eigenvalue weighted by Gasteiger charge is 2.14. The maximum Gasteiger partial charge on any atom is 0.355 e. The summed E-state index contributed by atoms with van der Waals surface area (Å²) in [7, 11) is 0. The summed E-state index contributed by atoms with van der Waals surface area (Å²) >= 11 is 0. The van der Waals surface area contributed by atoms with Crippen molar-refractivity contribution in [2.45, 2.75) is 13.5 Å². The molecule has 0 spiro atoms. The zero-order valence-electron chi connectivity index (χ0n) is 11.2. The fourth-order valence-corrected chi connectivity index (χ4v) is 1.29. The second-order valence-electron chi connectivity index (χ2n) is 3.61. The van der Waals surface area contributed by atoms with E-state index < -0.39 is 11.9 Å². The summed E-state index contributed by atoms with van der Waals surface area (Å²) < 4.78 is 16.0. The Morgan fingerprint density at radius 3 is 2.65 bits per heavy atom. The Bertz CT molecular complexity index is 434. The monoisotopic (exact) mass is 287 g/mol. The molecular formula is C11H17N3O6. The second kappa shape index (κ2) is 8.99. The van der Waals surface area contributed by atoms with Crippen LogP contribution in [-0.2, 0) is 25.5 Å². The minimum absolute atomic E-state index is 0.0854. The van der Waals surface area contributed by atoms with E-state index in [-0.39, 0.29) is 25.5 Å². The van der Waals surface area contributed by atoms with Crippen LogP contribution in [0.15, 0.2) is 6.20 Å². The normalized spacial score (nSPS) is 10.4. The van der Waals surface area contributed by atoms with E-state index in [4.69, 9.17) is 19.3 Å². The van der Waals surface area contributed by atoms with Crippen LogP contribution in [0.3, 0.4) is 0 Å². The number of aromatic nitrogens is 3. The lowest BCUT2D eigenvalue weighted by Gasteiger charge is -2.06. The van der Waals surface area contributed by atoms with Gasteiger partial charge >= 0.3 is 11.9 Å². The maximum atomic E-state index is 11.4. The van der Waals surface area contributed by atoms with Gasteiger partial charge in [-0.2, -0.15) is 0 Å². The molecule has 9 nitrogen and oxygen atoms in total. The molecule has 0 saturated carbocycles. The van der Waals surface area contributed by atoms with Gasteiger partial charge in [0, 0.05) is 6.61 Å². The van der Waals surface area contributed by atoms with Crippen molar-refractivity contribution in [1.29, 1.82) is 0 Å². The Morgan fingerprint density at radius 2 is 1.95 bits per heavy atom. The highest BCUT2D eigenvalue weighted by atomic mass is 16.6. The standard InChI is InChI=1S/C11H17N3O6/c1-2-18-3-4-19-5-6-20-10(15)8-14-9(11(16)17)7-12-13-14/h7H,2-6,8H2,1H3,(H,16,17). The molecule has 0 aliphatic rings. The third-order valence-electron chi connectivity index (χ3n) is 2.18. The third-order valence-corrected chi connectivity index (χ3v) is 2.18. The number of carbonyl (C=O) groups excluding carboxylic acids is 1. The maximum absolute atomic E-state index is 11.4. The molecule has 9 heteroatoms. The van der Waals surface area contributed by atoms with E-state index in [1.165, 1.54) is 0 Å². The van der Waals surface area contributed by atoms with Crippen molar-refractivity contribution in [2.75, 3.05) is 33.0 Å². The van der Waals surface area contributed by atoms with Gasteiger partial charge in [0.25, 0.3) is 0 Å². The van der Waals surface area contributed by atoms with Gasteiger partial charge in [0.15, 0.2) is 5.69 Å². The molecule has 1 heterocycles. The van der Waals surface area contributed by atoms with Crippen LogP contribution in [-0.4, -0.2) is 65.1 Å². The van der Waals surface area contributed by atoms with Crippen molar-refractivity contribution >= 4 is 11.9 Å². The first-order valence-electron chi connectivity index (χ1n) is 6.08. The Kier molecular flexibility index (Phi) is 7.22. The molecule has 0 aliphatic carbocycles. The van der Waals surface area contributed by atoms with E-state index in [0.717, 1.165) is 10.9 Å². The third kappa shape index (κ3) is 5.76. The number of carboxylic acids is 1. The summed E-state index contributed by atoms with van der Waals surface area (Å²) in [5, 5.41) is 15.7. The van der Waals surface area contributed by atoms with Gasteiger partial charge in [-0.25, -0.2) is 9.48 Å². The Hall–Kier alpha value is -2.00. The molecular weight excluding hydrogens is 270 g/mol. The lowest BCUT2D eigenvalue weighted by Crippen LogP contribution is -2.20. The molecule has 0 amide bonds.